The molecule has 3 aromatic rings. The fourth-order valence-electron chi connectivity index (χ4n) is 2.14. The van der Waals surface area contributed by atoms with Gasteiger partial charge in [0.2, 0.25) is 0 Å². The number of benzene rings is 2. The molecule has 0 bridgehead atoms. The minimum atomic E-state index is 0.0153. The molecular weight excluding hydrogens is 416 g/mol. The normalized spacial score (nSPS) is 10.8. The highest BCUT2D eigenvalue weighted by atomic mass is 79.9. The van der Waals surface area contributed by atoms with E-state index in [0.29, 0.717) is 11.1 Å². The van der Waals surface area contributed by atoms with Crippen molar-refractivity contribution in [2.45, 2.75) is 0 Å². The maximum atomic E-state index is 12.6. The van der Waals surface area contributed by atoms with Gasteiger partial charge in [-0.2, -0.15) is 0 Å². The van der Waals surface area contributed by atoms with Crippen molar-refractivity contribution in [3.8, 4) is 5.75 Å². The van der Waals surface area contributed by atoms with Crippen molar-refractivity contribution in [2.24, 2.45) is 0 Å². The van der Waals surface area contributed by atoms with Crippen LogP contribution >= 0.6 is 43.2 Å². The standard InChI is InChI=1S/C16H10Br2O2S/c1-20-12-5-4-9-6-11(3-2-10(9)7-12)15(19)13-8-14(17)21-16(13)18/h2-8H,1H3. The van der Waals surface area contributed by atoms with Crippen molar-refractivity contribution in [1.29, 1.82) is 0 Å². The van der Waals surface area contributed by atoms with Gasteiger partial charge in [0.25, 0.3) is 0 Å². The second kappa shape index (κ2) is 5.91. The van der Waals surface area contributed by atoms with E-state index in [1.807, 2.05) is 42.5 Å². The second-order valence-corrected chi connectivity index (χ2v) is 8.24. The number of carbonyl (C=O) groups excluding carboxylic acids is 1. The van der Waals surface area contributed by atoms with Crippen LogP contribution in [-0.2, 0) is 0 Å². The van der Waals surface area contributed by atoms with Gasteiger partial charge < -0.3 is 4.74 Å². The first kappa shape index (κ1) is 14.8. The van der Waals surface area contributed by atoms with Crippen LogP contribution in [0.5, 0.6) is 5.75 Å². The Balaban J connectivity index is 2.05. The number of hydrogen-bond acceptors (Lipinski definition) is 3. The molecule has 0 saturated heterocycles. The predicted molar refractivity (Wildman–Crippen MR) is 93.7 cm³/mol. The lowest BCUT2D eigenvalue weighted by Crippen LogP contribution is -2.00. The minimum Gasteiger partial charge on any atom is -0.497 e. The van der Waals surface area contributed by atoms with Crippen LogP contribution in [0.3, 0.4) is 0 Å². The van der Waals surface area contributed by atoms with Crippen molar-refractivity contribution >= 4 is 59.8 Å². The monoisotopic (exact) mass is 424 g/mol. The van der Waals surface area contributed by atoms with Crippen LogP contribution in [0.15, 0.2) is 50.0 Å². The van der Waals surface area contributed by atoms with Crippen molar-refractivity contribution in [1.82, 2.24) is 0 Å². The van der Waals surface area contributed by atoms with Crippen LogP contribution < -0.4 is 4.74 Å². The molecule has 0 amide bonds. The first-order valence-electron chi connectivity index (χ1n) is 6.16. The quantitative estimate of drug-likeness (QED) is 0.505. The molecule has 0 aliphatic carbocycles. The third-order valence-corrected chi connectivity index (χ3v) is 5.55. The Morgan fingerprint density at radius 2 is 1.76 bits per heavy atom. The Morgan fingerprint density at radius 3 is 2.43 bits per heavy atom. The highest BCUT2D eigenvalue weighted by Crippen LogP contribution is 2.33. The summed E-state index contributed by atoms with van der Waals surface area (Å²) < 4.78 is 6.99. The Morgan fingerprint density at radius 1 is 1.05 bits per heavy atom. The Labute approximate surface area is 143 Å². The maximum Gasteiger partial charge on any atom is 0.195 e. The number of hydrogen-bond donors (Lipinski definition) is 0. The molecule has 0 aliphatic heterocycles. The van der Waals surface area contributed by atoms with Gasteiger partial charge in [-0.1, -0.05) is 18.2 Å². The molecule has 0 fully saturated rings. The lowest BCUT2D eigenvalue weighted by atomic mass is 10.0. The number of fused-ring (bicyclic) bond motifs is 1. The number of ketones is 1. The number of rotatable bonds is 3. The van der Waals surface area contributed by atoms with E-state index in [4.69, 9.17) is 4.74 Å². The molecular formula is C16H10Br2O2S. The third kappa shape index (κ3) is 2.91. The molecule has 2 nitrogen and oxygen atoms in total. The topological polar surface area (TPSA) is 26.3 Å². The van der Waals surface area contributed by atoms with Crippen molar-refractivity contribution < 1.29 is 9.53 Å². The maximum absolute atomic E-state index is 12.6. The number of thiophene rings is 1. The molecule has 3 rings (SSSR count). The summed E-state index contributed by atoms with van der Waals surface area (Å²) in [5.74, 6) is 0.827. The summed E-state index contributed by atoms with van der Waals surface area (Å²) in [6.07, 6.45) is 0. The Bertz CT molecular complexity index is 839. The summed E-state index contributed by atoms with van der Waals surface area (Å²) in [4.78, 5) is 12.6. The van der Waals surface area contributed by atoms with Crippen molar-refractivity contribution in [3.63, 3.8) is 0 Å². The molecule has 0 N–H and O–H groups in total. The van der Waals surface area contributed by atoms with Crippen LogP contribution in [0.1, 0.15) is 15.9 Å². The summed E-state index contributed by atoms with van der Waals surface area (Å²) in [6, 6.07) is 13.4. The van der Waals surface area contributed by atoms with E-state index in [0.717, 1.165) is 24.1 Å². The van der Waals surface area contributed by atoms with Crippen LogP contribution in [0.25, 0.3) is 10.8 Å². The zero-order valence-electron chi connectivity index (χ0n) is 11.0. The van der Waals surface area contributed by atoms with Crippen LogP contribution in [-0.4, -0.2) is 12.9 Å². The molecule has 0 saturated carbocycles. The Hall–Kier alpha value is -1.17. The lowest BCUT2D eigenvalue weighted by molar-refractivity contribution is 0.103. The molecule has 0 atom stereocenters. The van der Waals surface area contributed by atoms with Crippen LogP contribution in [0, 0.1) is 0 Å². The van der Waals surface area contributed by atoms with E-state index in [1.165, 1.54) is 11.3 Å². The van der Waals surface area contributed by atoms with Gasteiger partial charge in [-0.05, 0) is 66.9 Å². The summed E-state index contributed by atoms with van der Waals surface area (Å²) >= 11 is 8.33. The average Bonchev–Trinajstić information content (AvgIpc) is 2.84. The summed E-state index contributed by atoms with van der Waals surface area (Å²) in [7, 11) is 1.64. The van der Waals surface area contributed by atoms with Crippen molar-refractivity contribution in [2.75, 3.05) is 7.11 Å². The van der Waals surface area contributed by atoms with Gasteiger partial charge >= 0.3 is 0 Å². The molecule has 0 aliphatic rings. The fourth-order valence-corrected chi connectivity index (χ4v) is 4.94. The molecule has 0 spiro atoms. The van der Waals surface area contributed by atoms with E-state index in [1.54, 1.807) is 7.11 Å². The first-order valence-corrected chi connectivity index (χ1v) is 8.56. The average molecular weight is 426 g/mol. The van der Waals surface area contributed by atoms with E-state index in [-0.39, 0.29) is 5.78 Å². The van der Waals surface area contributed by atoms with Crippen molar-refractivity contribution in [3.05, 3.63) is 61.2 Å². The molecule has 2 aromatic carbocycles. The molecule has 21 heavy (non-hydrogen) atoms. The summed E-state index contributed by atoms with van der Waals surface area (Å²) in [5.41, 5.74) is 1.36. The zero-order valence-corrected chi connectivity index (χ0v) is 15.0. The molecule has 5 heteroatoms. The minimum absolute atomic E-state index is 0.0153. The van der Waals surface area contributed by atoms with Crippen LogP contribution in [0.2, 0.25) is 0 Å². The van der Waals surface area contributed by atoms with Gasteiger partial charge in [0, 0.05) is 11.1 Å². The van der Waals surface area contributed by atoms with E-state index >= 15 is 0 Å². The van der Waals surface area contributed by atoms with Gasteiger partial charge in [0.15, 0.2) is 5.78 Å². The molecule has 0 unspecified atom stereocenters. The third-order valence-electron chi connectivity index (χ3n) is 3.21. The van der Waals surface area contributed by atoms with Gasteiger partial charge in [0.1, 0.15) is 5.75 Å². The Kier molecular flexibility index (Phi) is 4.15. The smallest absolute Gasteiger partial charge is 0.195 e. The molecule has 106 valence electrons. The van der Waals surface area contributed by atoms with Gasteiger partial charge in [-0.25, -0.2) is 0 Å². The van der Waals surface area contributed by atoms with Crippen LogP contribution in [0.4, 0.5) is 0 Å². The van der Waals surface area contributed by atoms with E-state index in [9.17, 15) is 4.79 Å². The molecule has 1 aromatic heterocycles. The molecule has 0 radical (unpaired) electrons. The zero-order chi connectivity index (χ0) is 15.0. The van der Waals surface area contributed by atoms with E-state index < -0.39 is 0 Å². The predicted octanol–water partition coefficient (Wildman–Crippen LogP) is 5.67. The van der Waals surface area contributed by atoms with Gasteiger partial charge in [0.05, 0.1) is 14.7 Å². The largest absolute Gasteiger partial charge is 0.497 e. The number of halogens is 2. The summed E-state index contributed by atoms with van der Waals surface area (Å²) in [5, 5.41) is 2.07. The first-order chi connectivity index (χ1) is 10.1. The number of methoxy groups -OCH3 is 1. The lowest BCUT2D eigenvalue weighted by Gasteiger charge is -2.05. The number of carbonyl (C=O) groups is 1. The number of ether oxygens (including phenoxy) is 1. The summed E-state index contributed by atoms with van der Waals surface area (Å²) in [6.45, 7) is 0. The highest BCUT2D eigenvalue weighted by molar-refractivity contribution is 9.12. The second-order valence-electron chi connectivity index (χ2n) is 4.49. The van der Waals surface area contributed by atoms with Gasteiger partial charge in [-0.3, -0.25) is 4.79 Å². The molecule has 1 heterocycles. The van der Waals surface area contributed by atoms with E-state index in [2.05, 4.69) is 31.9 Å². The SMILES string of the molecule is COc1ccc2cc(C(=O)c3cc(Br)sc3Br)ccc2c1. The highest BCUT2D eigenvalue weighted by Gasteiger charge is 2.16. The fraction of sp³-hybridized carbons (Fsp3) is 0.0625. The van der Waals surface area contributed by atoms with Gasteiger partial charge in [-0.15, -0.1) is 11.3 Å².